The average Bonchev–Trinajstić information content (AvgIpc) is 3.08. The first-order valence-corrected chi connectivity index (χ1v) is 8.77. The Kier molecular flexibility index (Phi) is 4.36. The smallest absolute Gasteiger partial charge is 0.376 e. The number of likely N-dealkylation sites (N-methyl/N-ethyl adjacent to an activating group) is 1. The Bertz CT molecular complexity index is 815. The van der Waals surface area contributed by atoms with Gasteiger partial charge in [0.05, 0.1) is 19.8 Å². The van der Waals surface area contributed by atoms with Crippen molar-refractivity contribution in [2.75, 3.05) is 21.3 Å². The maximum atomic E-state index is 12.9. The van der Waals surface area contributed by atoms with E-state index in [1.54, 1.807) is 5.06 Å². The van der Waals surface area contributed by atoms with Gasteiger partial charge in [-0.15, -0.1) is 5.06 Å². The Morgan fingerprint density at radius 1 is 0.926 bits per heavy atom. The van der Waals surface area contributed by atoms with Crippen LogP contribution in [-0.4, -0.2) is 54.2 Å². The van der Waals surface area contributed by atoms with Crippen molar-refractivity contribution in [1.82, 2.24) is 9.96 Å². The molecule has 0 aromatic heterocycles. The highest BCUT2D eigenvalue weighted by Gasteiger charge is 2.73. The number of rotatable bonds is 3. The molecular formula is C20H26N2O5. The molecule has 0 amide bonds. The van der Waals surface area contributed by atoms with E-state index in [0.29, 0.717) is 0 Å². The van der Waals surface area contributed by atoms with Gasteiger partial charge in [0.15, 0.2) is 5.66 Å². The molecule has 1 aromatic carbocycles. The van der Waals surface area contributed by atoms with E-state index in [1.165, 1.54) is 14.2 Å². The Morgan fingerprint density at radius 3 is 2.00 bits per heavy atom. The third-order valence-electron chi connectivity index (χ3n) is 6.32. The van der Waals surface area contributed by atoms with Crippen LogP contribution in [0.1, 0.15) is 33.3 Å². The zero-order valence-corrected chi connectivity index (χ0v) is 16.8. The van der Waals surface area contributed by atoms with Crippen LogP contribution in [0.4, 0.5) is 0 Å². The van der Waals surface area contributed by atoms with Crippen molar-refractivity contribution in [2.24, 2.45) is 0 Å². The van der Waals surface area contributed by atoms with Gasteiger partial charge in [-0.2, -0.15) is 0 Å². The number of esters is 2. The van der Waals surface area contributed by atoms with Crippen molar-refractivity contribution >= 4 is 11.9 Å². The van der Waals surface area contributed by atoms with Crippen LogP contribution < -0.4 is 0 Å². The van der Waals surface area contributed by atoms with Crippen LogP contribution in [0.5, 0.6) is 0 Å². The third-order valence-corrected chi connectivity index (χ3v) is 6.32. The van der Waals surface area contributed by atoms with Gasteiger partial charge in [-0.1, -0.05) is 30.3 Å². The lowest BCUT2D eigenvalue weighted by molar-refractivity contribution is -0.209. The monoisotopic (exact) mass is 374 g/mol. The van der Waals surface area contributed by atoms with E-state index in [9.17, 15) is 9.59 Å². The van der Waals surface area contributed by atoms with Crippen molar-refractivity contribution in [1.29, 1.82) is 0 Å². The molecule has 1 aromatic rings. The lowest BCUT2D eigenvalue weighted by atomic mass is 9.83. The molecule has 146 valence electrons. The highest BCUT2D eigenvalue weighted by molar-refractivity contribution is 6.01. The lowest BCUT2D eigenvalue weighted by Gasteiger charge is -2.41. The molecule has 1 unspecified atom stereocenters. The normalized spacial score (nSPS) is 26.5. The molecule has 1 fully saturated rings. The summed E-state index contributed by atoms with van der Waals surface area (Å²) in [6.45, 7) is 8.19. The molecular weight excluding hydrogens is 348 g/mol. The number of fused-ring (bicyclic) bond motifs is 1. The van der Waals surface area contributed by atoms with Crippen LogP contribution in [0.25, 0.3) is 0 Å². The molecule has 3 rings (SSSR count). The topological polar surface area (TPSA) is 68.3 Å². The summed E-state index contributed by atoms with van der Waals surface area (Å²) >= 11 is 0. The predicted molar refractivity (Wildman–Crippen MR) is 98.0 cm³/mol. The number of benzene rings is 1. The molecule has 2 heterocycles. The number of hydroxylamine groups is 2. The summed E-state index contributed by atoms with van der Waals surface area (Å²) in [5.74, 6) is -1.51. The van der Waals surface area contributed by atoms with Gasteiger partial charge in [0.1, 0.15) is 5.57 Å². The molecule has 0 radical (unpaired) electrons. The molecule has 7 heteroatoms. The molecule has 0 saturated carbocycles. The molecule has 1 atom stereocenters. The first-order chi connectivity index (χ1) is 12.6. The largest absolute Gasteiger partial charge is 0.465 e. The van der Waals surface area contributed by atoms with Crippen LogP contribution in [0.2, 0.25) is 0 Å². The fourth-order valence-corrected chi connectivity index (χ4v) is 4.04. The van der Waals surface area contributed by atoms with E-state index < -0.39 is 28.7 Å². The average molecular weight is 374 g/mol. The Balaban J connectivity index is 2.42. The van der Waals surface area contributed by atoms with Gasteiger partial charge >= 0.3 is 11.9 Å². The zero-order chi connectivity index (χ0) is 20.2. The number of carbonyl (C=O) groups is 2. The van der Waals surface area contributed by atoms with E-state index >= 15 is 0 Å². The highest BCUT2D eigenvalue weighted by Crippen LogP contribution is 2.60. The summed E-state index contributed by atoms with van der Waals surface area (Å²) in [4.78, 5) is 33.5. The third kappa shape index (κ3) is 2.21. The van der Waals surface area contributed by atoms with E-state index in [1.807, 2.05) is 51.2 Å². The fourth-order valence-electron chi connectivity index (χ4n) is 4.04. The number of hydrogen-bond acceptors (Lipinski definition) is 7. The SMILES string of the molecule is COC(=O)C1=C(C(=O)OC)C2(c3ccccc3)N(C)C(C)(C)C(C)(C)N2O1. The second-order valence-corrected chi connectivity index (χ2v) is 7.79. The van der Waals surface area contributed by atoms with E-state index in [-0.39, 0.29) is 11.3 Å². The van der Waals surface area contributed by atoms with Crippen molar-refractivity contribution < 1.29 is 23.9 Å². The van der Waals surface area contributed by atoms with Crippen LogP contribution >= 0.6 is 0 Å². The lowest BCUT2D eigenvalue weighted by Crippen LogP contribution is -2.53. The molecule has 0 aliphatic carbocycles. The Hall–Kier alpha value is -2.38. The molecule has 27 heavy (non-hydrogen) atoms. The minimum absolute atomic E-state index is 0.115. The van der Waals surface area contributed by atoms with Crippen LogP contribution in [0.3, 0.4) is 0 Å². The van der Waals surface area contributed by atoms with Crippen molar-refractivity contribution in [3.63, 3.8) is 0 Å². The minimum atomic E-state index is -1.13. The zero-order valence-electron chi connectivity index (χ0n) is 16.8. The first-order valence-electron chi connectivity index (χ1n) is 8.77. The quantitative estimate of drug-likeness (QED) is 0.751. The molecule has 2 aliphatic rings. The summed E-state index contributed by atoms with van der Waals surface area (Å²) in [7, 11) is 4.46. The van der Waals surface area contributed by atoms with Gasteiger partial charge in [0, 0.05) is 5.54 Å². The van der Waals surface area contributed by atoms with E-state index in [0.717, 1.165) is 5.56 Å². The summed E-state index contributed by atoms with van der Waals surface area (Å²) in [5.41, 5.74) is -1.20. The number of ether oxygens (including phenoxy) is 2. The summed E-state index contributed by atoms with van der Waals surface area (Å²) in [5, 5.41) is 1.72. The van der Waals surface area contributed by atoms with Gasteiger partial charge in [-0.25, -0.2) is 9.59 Å². The van der Waals surface area contributed by atoms with Crippen LogP contribution in [0.15, 0.2) is 41.7 Å². The number of nitrogens with zero attached hydrogens (tertiary/aromatic N) is 2. The number of carbonyl (C=O) groups excluding carboxylic acids is 2. The van der Waals surface area contributed by atoms with Crippen LogP contribution in [-0.2, 0) is 29.6 Å². The molecule has 0 bridgehead atoms. The molecule has 1 saturated heterocycles. The maximum Gasteiger partial charge on any atom is 0.376 e. The predicted octanol–water partition coefficient (Wildman–Crippen LogP) is 2.19. The van der Waals surface area contributed by atoms with Crippen LogP contribution in [0, 0.1) is 0 Å². The standard InChI is InChI=1S/C20H26N2O5/c1-18(2)19(3,4)22-20(21(18)5,13-11-9-8-10-12-13)14(16(23)25-6)15(27-22)17(24)26-7/h8-12H,1-7H3. The number of methoxy groups -OCH3 is 2. The Labute approximate surface area is 159 Å². The van der Waals surface area contributed by atoms with E-state index in [2.05, 4.69) is 18.7 Å². The highest BCUT2D eigenvalue weighted by atomic mass is 16.7. The molecule has 0 N–H and O–H groups in total. The first kappa shape index (κ1) is 19.4. The van der Waals surface area contributed by atoms with Gasteiger partial charge < -0.3 is 14.3 Å². The molecule has 2 aliphatic heterocycles. The minimum Gasteiger partial charge on any atom is -0.465 e. The van der Waals surface area contributed by atoms with Gasteiger partial charge in [0.2, 0.25) is 5.76 Å². The number of hydrogen-bond donors (Lipinski definition) is 0. The molecule has 0 spiro atoms. The van der Waals surface area contributed by atoms with Crippen molar-refractivity contribution in [3.8, 4) is 0 Å². The van der Waals surface area contributed by atoms with Crippen molar-refractivity contribution in [3.05, 3.63) is 47.2 Å². The summed E-state index contributed by atoms with van der Waals surface area (Å²) in [6, 6.07) is 9.49. The molecule has 7 nitrogen and oxygen atoms in total. The van der Waals surface area contributed by atoms with Gasteiger partial charge in [0.25, 0.3) is 0 Å². The van der Waals surface area contributed by atoms with Gasteiger partial charge in [-0.05, 0) is 40.3 Å². The fraction of sp³-hybridized carbons (Fsp3) is 0.500. The summed E-state index contributed by atoms with van der Waals surface area (Å²) < 4.78 is 9.95. The second kappa shape index (κ2) is 6.07. The summed E-state index contributed by atoms with van der Waals surface area (Å²) in [6.07, 6.45) is 0. The van der Waals surface area contributed by atoms with Gasteiger partial charge in [-0.3, -0.25) is 4.90 Å². The van der Waals surface area contributed by atoms with Crippen molar-refractivity contribution in [2.45, 2.75) is 44.4 Å². The Morgan fingerprint density at radius 2 is 1.48 bits per heavy atom. The maximum absolute atomic E-state index is 12.9. The van der Waals surface area contributed by atoms with E-state index in [4.69, 9.17) is 14.3 Å². The second-order valence-electron chi connectivity index (χ2n) is 7.79.